The molecule has 2 aromatic rings. The molecule has 0 aliphatic carbocycles. The number of aryl methyl sites for hydroxylation is 1. The maximum absolute atomic E-state index is 12.8. The topological polar surface area (TPSA) is 91.5 Å². The summed E-state index contributed by atoms with van der Waals surface area (Å²) >= 11 is 6.05. The van der Waals surface area contributed by atoms with Crippen LogP contribution >= 0.6 is 11.6 Å². The summed E-state index contributed by atoms with van der Waals surface area (Å²) in [6.45, 7) is 5.72. The monoisotopic (exact) mass is 431 g/mol. The lowest BCUT2D eigenvalue weighted by atomic mass is 10.2. The number of aromatic nitrogens is 3. The van der Waals surface area contributed by atoms with Crippen LogP contribution in [-0.4, -0.2) is 46.8 Å². The fourth-order valence-corrected chi connectivity index (χ4v) is 3.24. The van der Waals surface area contributed by atoms with Crippen molar-refractivity contribution in [1.82, 2.24) is 25.8 Å². The minimum Gasteiger partial charge on any atom is -0.357 e. The Morgan fingerprint density at radius 2 is 2.24 bits per heavy atom. The summed E-state index contributed by atoms with van der Waals surface area (Å²) < 4.78 is 43.3. The van der Waals surface area contributed by atoms with Crippen LogP contribution in [0.1, 0.15) is 30.6 Å². The van der Waals surface area contributed by atoms with E-state index >= 15 is 0 Å². The third-order valence-corrected chi connectivity index (χ3v) is 4.55. The lowest BCUT2D eigenvalue weighted by molar-refractivity contribution is -0.137. The molecule has 158 valence electrons. The standard InChI is InChI=1S/C17H21ClF3N7O/c1-3-22-16(24-8-14-25-10(2)29-27-14)26-12-4-5-28(9-12)15-13(18)6-11(7-23-15)17(19,20)21/h6-7,12H,3-5,8-9H2,1-2H3,(H2,22,24,26). The predicted octanol–water partition coefficient (Wildman–Crippen LogP) is 2.78. The number of guanidine groups is 1. The second kappa shape index (κ2) is 8.85. The summed E-state index contributed by atoms with van der Waals surface area (Å²) in [6.07, 6.45) is -2.91. The molecule has 1 aliphatic heterocycles. The smallest absolute Gasteiger partial charge is 0.357 e. The van der Waals surface area contributed by atoms with Crippen LogP contribution in [0.15, 0.2) is 21.8 Å². The average Bonchev–Trinajstić information content (AvgIpc) is 3.28. The summed E-state index contributed by atoms with van der Waals surface area (Å²) in [5, 5.41) is 10.2. The summed E-state index contributed by atoms with van der Waals surface area (Å²) in [4.78, 5) is 14.3. The van der Waals surface area contributed by atoms with E-state index in [-0.39, 0.29) is 17.6 Å². The zero-order valence-corrected chi connectivity index (χ0v) is 16.7. The normalized spacial score (nSPS) is 17.7. The number of anilines is 1. The second-order valence-electron chi connectivity index (χ2n) is 6.53. The zero-order valence-electron chi connectivity index (χ0n) is 15.9. The van der Waals surface area contributed by atoms with Gasteiger partial charge < -0.3 is 20.1 Å². The van der Waals surface area contributed by atoms with E-state index in [4.69, 9.17) is 16.1 Å². The van der Waals surface area contributed by atoms with Crippen molar-refractivity contribution in [1.29, 1.82) is 0 Å². The molecule has 1 saturated heterocycles. The molecule has 0 aromatic carbocycles. The summed E-state index contributed by atoms with van der Waals surface area (Å²) in [6, 6.07) is 0.934. The van der Waals surface area contributed by atoms with E-state index in [0.29, 0.717) is 43.1 Å². The van der Waals surface area contributed by atoms with Crippen molar-refractivity contribution in [3.8, 4) is 0 Å². The number of alkyl halides is 3. The van der Waals surface area contributed by atoms with E-state index < -0.39 is 11.7 Å². The largest absolute Gasteiger partial charge is 0.417 e. The highest BCUT2D eigenvalue weighted by Gasteiger charge is 2.33. The van der Waals surface area contributed by atoms with Crippen LogP contribution in [-0.2, 0) is 12.7 Å². The van der Waals surface area contributed by atoms with Crippen LogP contribution < -0.4 is 15.5 Å². The summed E-state index contributed by atoms with van der Waals surface area (Å²) in [5.74, 6) is 1.88. The molecule has 3 rings (SSSR count). The lowest BCUT2D eigenvalue weighted by Gasteiger charge is -2.21. The Hall–Kier alpha value is -2.56. The van der Waals surface area contributed by atoms with Gasteiger partial charge in [-0.2, -0.15) is 18.2 Å². The number of hydrogen-bond acceptors (Lipinski definition) is 6. The maximum Gasteiger partial charge on any atom is 0.417 e. The van der Waals surface area contributed by atoms with Gasteiger partial charge in [0.15, 0.2) is 11.8 Å². The van der Waals surface area contributed by atoms with Crippen LogP contribution in [0.4, 0.5) is 19.0 Å². The molecule has 0 spiro atoms. The Morgan fingerprint density at radius 3 is 2.86 bits per heavy atom. The Kier molecular flexibility index (Phi) is 6.46. The van der Waals surface area contributed by atoms with Gasteiger partial charge >= 0.3 is 6.18 Å². The quantitative estimate of drug-likeness (QED) is 0.555. The molecule has 1 unspecified atom stereocenters. The van der Waals surface area contributed by atoms with Crippen molar-refractivity contribution in [2.75, 3.05) is 24.5 Å². The van der Waals surface area contributed by atoms with Crippen LogP contribution in [0.3, 0.4) is 0 Å². The Labute approximate surface area is 170 Å². The van der Waals surface area contributed by atoms with Crippen molar-refractivity contribution >= 4 is 23.4 Å². The molecule has 1 aliphatic rings. The van der Waals surface area contributed by atoms with Gasteiger partial charge in [-0.15, -0.1) is 0 Å². The van der Waals surface area contributed by atoms with E-state index in [0.717, 1.165) is 18.7 Å². The van der Waals surface area contributed by atoms with Crippen LogP contribution in [0.2, 0.25) is 5.02 Å². The lowest BCUT2D eigenvalue weighted by Crippen LogP contribution is -2.44. The first-order valence-electron chi connectivity index (χ1n) is 9.08. The van der Waals surface area contributed by atoms with Crippen molar-refractivity contribution in [3.05, 3.63) is 34.6 Å². The van der Waals surface area contributed by atoms with E-state index in [1.807, 2.05) is 11.8 Å². The summed E-state index contributed by atoms with van der Waals surface area (Å²) in [5.41, 5.74) is -0.863. The number of rotatable bonds is 5. The molecule has 2 aromatic heterocycles. The molecule has 12 heteroatoms. The SMILES string of the molecule is CCNC(=NCc1noc(C)n1)NC1CCN(c2ncc(C(F)(F)F)cc2Cl)C1. The van der Waals surface area contributed by atoms with Gasteiger partial charge in [-0.25, -0.2) is 9.98 Å². The minimum absolute atomic E-state index is 0.0199. The Morgan fingerprint density at radius 1 is 1.45 bits per heavy atom. The first kappa shape index (κ1) is 21.2. The first-order chi connectivity index (χ1) is 13.8. The fourth-order valence-electron chi connectivity index (χ4n) is 2.96. The third-order valence-electron chi connectivity index (χ3n) is 4.27. The van der Waals surface area contributed by atoms with Gasteiger partial charge in [0.2, 0.25) is 5.89 Å². The Balaban J connectivity index is 1.63. The Bertz CT molecular complexity index is 871. The van der Waals surface area contributed by atoms with Crippen LogP contribution in [0.5, 0.6) is 0 Å². The van der Waals surface area contributed by atoms with Gasteiger partial charge in [-0.3, -0.25) is 0 Å². The molecule has 2 N–H and O–H groups in total. The molecular weight excluding hydrogens is 411 g/mol. The third kappa shape index (κ3) is 5.49. The number of hydrogen-bond donors (Lipinski definition) is 2. The van der Waals surface area contributed by atoms with Crippen molar-refractivity contribution in [3.63, 3.8) is 0 Å². The minimum atomic E-state index is -4.47. The zero-order chi connectivity index (χ0) is 21.0. The molecular formula is C17H21ClF3N7O. The molecule has 0 bridgehead atoms. The average molecular weight is 432 g/mol. The number of halogens is 4. The van der Waals surface area contributed by atoms with Crippen molar-refractivity contribution in [2.45, 2.75) is 39.0 Å². The summed E-state index contributed by atoms with van der Waals surface area (Å²) in [7, 11) is 0. The van der Waals surface area contributed by atoms with Crippen molar-refractivity contribution < 1.29 is 17.7 Å². The number of nitrogens with one attached hydrogen (secondary N) is 2. The van der Waals surface area contributed by atoms with Gasteiger partial charge in [0, 0.05) is 38.8 Å². The number of nitrogens with zero attached hydrogens (tertiary/aromatic N) is 5. The van der Waals surface area contributed by atoms with Gasteiger partial charge in [0.05, 0.1) is 10.6 Å². The van der Waals surface area contributed by atoms with E-state index in [1.165, 1.54) is 0 Å². The van der Waals surface area contributed by atoms with Crippen molar-refractivity contribution in [2.24, 2.45) is 4.99 Å². The fraction of sp³-hybridized carbons (Fsp3) is 0.529. The maximum atomic E-state index is 12.8. The molecule has 0 amide bonds. The molecule has 0 saturated carbocycles. The highest BCUT2D eigenvalue weighted by Crippen LogP contribution is 2.34. The van der Waals surface area contributed by atoms with Crippen LogP contribution in [0.25, 0.3) is 0 Å². The highest BCUT2D eigenvalue weighted by molar-refractivity contribution is 6.33. The first-order valence-corrected chi connectivity index (χ1v) is 9.45. The van der Waals surface area contributed by atoms with Gasteiger partial charge in [-0.1, -0.05) is 16.8 Å². The molecule has 1 fully saturated rings. The number of aliphatic imine (C=N–C) groups is 1. The molecule has 3 heterocycles. The highest BCUT2D eigenvalue weighted by atomic mass is 35.5. The molecule has 29 heavy (non-hydrogen) atoms. The molecule has 8 nitrogen and oxygen atoms in total. The van der Waals surface area contributed by atoms with Crippen LogP contribution in [0, 0.1) is 6.92 Å². The number of pyridine rings is 1. The molecule has 0 radical (unpaired) electrons. The van der Waals surface area contributed by atoms with Gasteiger partial charge in [0.1, 0.15) is 12.4 Å². The molecule has 1 atom stereocenters. The van der Waals surface area contributed by atoms with E-state index in [1.54, 1.807) is 6.92 Å². The predicted molar refractivity (Wildman–Crippen MR) is 102 cm³/mol. The second-order valence-corrected chi connectivity index (χ2v) is 6.94. The van der Waals surface area contributed by atoms with Gasteiger partial charge in [-0.05, 0) is 19.4 Å². The van der Waals surface area contributed by atoms with E-state index in [9.17, 15) is 13.2 Å². The van der Waals surface area contributed by atoms with Gasteiger partial charge in [0.25, 0.3) is 0 Å². The van der Waals surface area contributed by atoms with E-state index in [2.05, 4.69) is 30.8 Å².